The van der Waals surface area contributed by atoms with Crippen molar-refractivity contribution in [2.24, 2.45) is 5.92 Å². The average Bonchev–Trinajstić information content (AvgIpc) is 2.61. The fourth-order valence-corrected chi connectivity index (χ4v) is 1.95. The fourth-order valence-electron chi connectivity index (χ4n) is 1.95. The smallest absolute Gasteiger partial charge is 0.321 e. The van der Waals surface area contributed by atoms with E-state index in [0.717, 1.165) is 13.0 Å². The van der Waals surface area contributed by atoms with E-state index in [-0.39, 0.29) is 30.5 Å². The molecule has 1 saturated heterocycles. The molecule has 1 heterocycles. The van der Waals surface area contributed by atoms with E-state index in [1.807, 2.05) is 25.7 Å². The number of rotatable bonds is 3. The second-order valence-corrected chi connectivity index (χ2v) is 5.82. The van der Waals surface area contributed by atoms with Crippen molar-refractivity contribution >= 4 is 11.9 Å². The Morgan fingerprint density at radius 3 is 2.56 bits per heavy atom. The number of aliphatic hydroxyl groups excluding tert-OH is 1. The van der Waals surface area contributed by atoms with Gasteiger partial charge in [0.15, 0.2) is 0 Å². The Kier molecular flexibility index (Phi) is 5.10. The number of nitrogens with one attached hydrogen (secondary N) is 2. The van der Waals surface area contributed by atoms with Crippen molar-refractivity contribution in [3.8, 4) is 0 Å². The highest BCUT2D eigenvalue weighted by molar-refractivity contribution is 5.95. The number of hydrogen-bond donors (Lipinski definition) is 3. The van der Waals surface area contributed by atoms with Crippen molar-refractivity contribution in [3.63, 3.8) is 0 Å². The van der Waals surface area contributed by atoms with Gasteiger partial charge in [0.2, 0.25) is 5.91 Å². The molecule has 1 fully saturated rings. The number of urea groups is 1. The minimum Gasteiger partial charge on any atom is -0.396 e. The monoisotopic (exact) mass is 257 g/mol. The molecule has 104 valence electrons. The Morgan fingerprint density at radius 2 is 2.06 bits per heavy atom. The molecule has 0 radical (unpaired) electrons. The first-order valence-corrected chi connectivity index (χ1v) is 6.25. The number of amides is 3. The van der Waals surface area contributed by atoms with E-state index in [0.29, 0.717) is 6.54 Å². The van der Waals surface area contributed by atoms with Crippen LogP contribution in [0.25, 0.3) is 0 Å². The molecule has 0 aromatic heterocycles. The fraction of sp³-hybridized carbons (Fsp3) is 0.833. The Morgan fingerprint density at radius 1 is 1.39 bits per heavy atom. The van der Waals surface area contributed by atoms with E-state index in [9.17, 15) is 9.59 Å². The number of imide groups is 1. The first kappa shape index (κ1) is 14.9. The van der Waals surface area contributed by atoms with Crippen molar-refractivity contribution in [3.05, 3.63) is 0 Å². The molecule has 0 bridgehead atoms. The van der Waals surface area contributed by atoms with Crippen LogP contribution in [0.2, 0.25) is 0 Å². The van der Waals surface area contributed by atoms with E-state index in [2.05, 4.69) is 10.6 Å². The van der Waals surface area contributed by atoms with Crippen LogP contribution in [0.4, 0.5) is 4.79 Å². The summed E-state index contributed by atoms with van der Waals surface area (Å²) in [5, 5.41) is 14.0. The molecule has 1 unspecified atom stereocenters. The van der Waals surface area contributed by atoms with Gasteiger partial charge in [-0.1, -0.05) is 0 Å². The third-order valence-corrected chi connectivity index (χ3v) is 2.74. The molecule has 0 saturated carbocycles. The summed E-state index contributed by atoms with van der Waals surface area (Å²) in [6, 6.07) is -0.467. The van der Waals surface area contributed by atoms with Crippen LogP contribution in [0, 0.1) is 5.92 Å². The zero-order valence-corrected chi connectivity index (χ0v) is 11.3. The summed E-state index contributed by atoms with van der Waals surface area (Å²) in [7, 11) is 0. The van der Waals surface area contributed by atoms with Gasteiger partial charge in [0.1, 0.15) is 0 Å². The van der Waals surface area contributed by atoms with E-state index < -0.39 is 6.03 Å². The Balaban J connectivity index is 2.28. The van der Waals surface area contributed by atoms with Crippen LogP contribution in [0.5, 0.6) is 0 Å². The van der Waals surface area contributed by atoms with Crippen LogP contribution < -0.4 is 10.6 Å². The normalized spacial score (nSPS) is 20.8. The quantitative estimate of drug-likeness (QED) is 0.661. The van der Waals surface area contributed by atoms with E-state index >= 15 is 0 Å². The van der Waals surface area contributed by atoms with Gasteiger partial charge in [0, 0.05) is 18.7 Å². The lowest BCUT2D eigenvalue weighted by molar-refractivity contribution is -0.121. The van der Waals surface area contributed by atoms with Crippen molar-refractivity contribution in [2.75, 3.05) is 26.2 Å². The molecule has 3 N–H and O–H groups in total. The third kappa shape index (κ3) is 5.46. The predicted molar refractivity (Wildman–Crippen MR) is 68.1 cm³/mol. The van der Waals surface area contributed by atoms with Gasteiger partial charge < -0.3 is 10.4 Å². The first-order valence-electron chi connectivity index (χ1n) is 6.25. The molecule has 18 heavy (non-hydrogen) atoms. The summed E-state index contributed by atoms with van der Waals surface area (Å²) in [6.07, 6.45) is 0.901. The number of carbonyl (C=O) groups excluding carboxylic acids is 2. The standard InChI is InChI=1S/C12H23N3O3/c1-12(2,3)14-11(18)13-10(17)7-15-5-4-9(6-15)8-16/h9,16H,4-8H2,1-3H3,(H2,13,14,17,18). The summed E-state index contributed by atoms with van der Waals surface area (Å²) < 4.78 is 0. The second kappa shape index (κ2) is 6.15. The van der Waals surface area contributed by atoms with Gasteiger partial charge in [0.05, 0.1) is 6.54 Å². The maximum Gasteiger partial charge on any atom is 0.321 e. The highest BCUT2D eigenvalue weighted by atomic mass is 16.3. The molecular weight excluding hydrogens is 234 g/mol. The molecule has 1 aliphatic rings. The first-order chi connectivity index (χ1) is 8.30. The number of nitrogens with zero attached hydrogens (tertiary/aromatic N) is 1. The molecule has 6 heteroatoms. The highest BCUT2D eigenvalue weighted by Gasteiger charge is 2.24. The highest BCUT2D eigenvalue weighted by Crippen LogP contribution is 2.14. The van der Waals surface area contributed by atoms with Crippen LogP contribution in [-0.4, -0.2) is 53.7 Å². The van der Waals surface area contributed by atoms with Gasteiger partial charge in [-0.2, -0.15) is 0 Å². The second-order valence-electron chi connectivity index (χ2n) is 5.82. The summed E-state index contributed by atoms with van der Waals surface area (Å²) in [4.78, 5) is 25.0. The van der Waals surface area contributed by atoms with Crippen molar-refractivity contribution < 1.29 is 14.7 Å². The summed E-state index contributed by atoms with van der Waals surface area (Å²) in [5.74, 6) is -0.0588. The van der Waals surface area contributed by atoms with Gasteiger partial charge >= 0.3 is 6.03 Å². The van der Waals surface area contributed by atoms with Crippen LogP contribution in [-0.2, 0) is 4.79 Å². The molecule has 0 aromatic carbocycles. The number of aliphatic hydroxyl groups is 1. The predicted octanol–water partition coefficient (Wildman–Crippen LogP) is -0.0751. The van der Waals surface area contributed by atoms with Gasteiger partial charge in [-0.25, -0.2) is 4.79 Å². The Hall–Kier alpha value is -1.14. The van der Waals surface area contributed by atoms with E-state index in [4.69, 9.17) is 5.11 Å². The largest absolute Gasteiger partial charge is 0.396 e. The summed E-state index contributed by atoms with van der Waals surface area (Å²) in [5.41, 5.74) is -0.361. The number of likely N-dealkylation sites (tertiary alicyclic amines) is 1. The molecule has 0 spiro atoms. The average molecular weight is 257 g/mol. The van der Waals surface area contributed by atoms with Gasteiger partial charge in [-0.3, -0.25) is 15.0 Å². The van der Waals surface area contributed by atoms with Gasteiger partial charge in [-0.05, 0) is 39.7 Å². The molecule has 6 nitrogen and oxygen atoms in total. The molecular formula is C12H23N3O3. The molecule has 1 atom stereocenters. The molecule has 1 aliphatic heterocycles. The lowest BCUT2D eigenvalue weighted by atomic mass is 10.1. The van der Waals surface area contributed by atoms with Crippen molar-refractivity contribution in [1.29, 1.82) is 0 Å². The van der Waals surface area contributed by atoms with Crippen LogP contribution in [0.15, 0.2) is 0 Å². The van der Waals surface area contributed by atoms with E-state index in [1.165, 1.54) is 0 Å². The number of hydrogen-bond acceptors (Lipinski definition) is 4. The SMILES string of the molecule is CC(C)(C)NC(=O)NC(=O)CN1CCC(CO)C1. The zero-order chi connectivity index (χ0) is 13.8. The lowest BCUT2D eigenvalue weighted by Crippen LogP contribution is -2.50. The van der Waals surface area contributed by atoms with Crippen LogP contribution in [0.1, 0.15) is 27.2 Å². The summed E-state index contributed by atoms with van der Waals surface area (Å²) >= 11 is 0. The minimum atomic E-state index is -0.467. The van der Waals surface area contributed by atoms with Gasteiger partial charge in [-0.15, -0.1) is 0 Å². The zero-order valence-electron chi connectivity index (χ0n) is 11.3. The molecule has 0 aromatic rings. The van der Waals surface area contributed by atoms with Crippen LogP contribution in [0.3, 0.4) is 0 Å². The molecule has 3 amide bonds. The Bertz CT molecular complexity index is 312. The van der Waals surface area contributed by atoms with Crippen molar-refractivity contribution in [1.82, 2.24) is 15.5 Å². The topological polar surface area (TPSA) is 81.7 Å². The number of carbonyl (C=O) groups is 2. The summed E-state index contributed by atoms with van der Waals surface area (Å²) in [6.45, 7) is 7.41. The molecule has 1 rings (SSSR count). The maximum absolute atomic E-state index is 11.6. The third-order valence-electron chi connectivity index (χ3n) is 2.74. The Labute approximate surface area is 108 Å². The van der Waals surface area contributed by atoms with E-state index in [1.54, 1.807) is 0 Å². The van der Waals surface area contributed by atoms with Crippen LogP contribution >= 0.6 is 0 Å². The minimum absolute atomic E-state index is 0.155. The molecule has 0 aliphatic carbocycles. The van der Waals surface area contributed by atoms with Crippen molar-refractivity contribution in [2.45, 2.75) is 32.7 Å². The van der Waals surface area contributed by atoms with Gasteiger partial charge in [0.25, 0.3) is 0 Å². The lowest BCUT2D eigenvalue weighted by Gasteiger charge is -2.21. The maximum atomic E-state index is 11.6.